The zero-order valence-electron chi connectivity index (χ0n) is 15.4. The predicted octanol–water partition coefficient (Wildman–Crippen LogP) is 4.70. The minimum atomic E-state index is -2.98. The molecule has 148 valence electrons. The molecule has 0 aliphatic carbocycles. The summed E-state index contributed by atoms with van der Waals surface area (Å²) >= 11 is 8.97. The molecular formula is C19H19ClN2O3S3. The van der Waals surface area contributed by atoms with Gasteiger partial charge in [-0.25, -0.2) is 13.4 Å². The molecule has 0 spiro atoms. The lowest BCUT2D eigenvalue weighted by atomic mass is 10.2. The van der Waals surface area contributed by atoms with Crippen LogP contribution >= 0.6 is 34.7 Å². The highest BCUT2D eigenvalue weighted by Gasteiger charge is 2.31. The highest BCUT2D eigenvalue weighted by Crippen LogP contribution is 2.33. The van der Waals surface area contributed by atoms with E-state index in [1.165, 1.54) is 11.8 Å². The van der Waals surface area contributed by atoms with Crippen molar-refractivity contribution in [3.63, 3.8) is 0 Å². The van der Waals surface area contributed by atoms with Crippen LogP contribution in [0.3, 0.4) is 0 Å². The number of sulfone groups is 1. The van der Waals surface area contributed by atoms with Crippen molar-refractivity contribution in [2.75, 3.05) is 17.3 Å². The van der Waals surface area contributed by atoms with Crippen LogP contribution in [0, 0.1) is 13.8 Å². The third-order valence-corrected chi connectivity index (χ3v) is 9.18. The highest BCUT2D eigenvalue weighted by atomic mass is 35.5. The number of hydrogen-bond donors (Lipinski definition) is 0. The Kier molecular flexibility index (Phi) is 5.33. The number of rotatable bonds is 5. The molecule has 3 aromatic rings. The Morgan fingerprint density at radius 1 is 1.36 bits per heavy atom. The maximum atomic E-state index is 12.8. The van der Waals surface area contributed by atoms with Gasteiger partial charge in [0.15, 0.2) is 20.0 Å². The van der Waals surface area contributed by atoms with E-state index >= 15 is 0 Å². The molecule has 1 aliphatic rings. The summed E-state index contributed by atoms with van der Waals surface area (Å²) in [7, 11) is -2.98. The summed E-state index contributed by atoms with van der Waals surface area (Å²) in [5.41, 5.74) is 3.29. The third kappa shape index (κ3) is 3.87. The minimum Gasteiger partial charge on any atom is -0.344 e. The van der Waals surface area contributed by atoms with E-state index in [1.54, 1.807) is 11.3 Å². The van der Waals surface area contributed by atoms with Crippen molar-refractivity contribution in [2.45, 2.75) is 30.6 Å². The molecule has 1 atom stereocenters. The number of thiazole rings is 1. The molecule has 0 radical (unpaired) electrons. The molecule has 3 heterocycles. The molecule has 0 bridgehead atoms. The van der Waals surface area contributed by atoms with Crippen molar-refractivity contribution >= 4 is 60.5 Å². The van der Waals surface area contributed by atoms with Gasteiger partial charge in [0, 0.05) is 28.0 Å². The number of aryl methyl sites for hydroxylation is 1. The average Bonchev–Trinajstić information content (AvgIpc) is 3.27. The van der Waals surface area contributed by atoms with Gasteiger partial charge in [0.1, 0.15) is 0 Å². The number of benzene rings is 1. The van der Waals surface area contributed by atoms with Crippen LogP contribution in [-0.4, -0.2) is 41.0 Å². The van der Waals surface area contributed by atoms with E-state index in [2.05, 4.69) is 4.98 Å². The highest BCUT2D eigenvalue weighted by molar-refractivity contribution is 8.01. The fraction of sp³-hybridized carbons (Fsp3) is 0.368. The van der Waals surface area contributed by atoms with Crippen LogP contribution in [-0.2, 0) is 9.84 Å². The molecule has 1 fully saturated rings. The zero-order valence-corrected chi connectivity index (χ0v) is 18.6. The maximum Gasteiger partial charge on any atom is 0.174 e. The molecule has 2 aromatic heterocycles. The van der Waals surface area contributed by atoms with E-state index in [-0.39, 0.29) is 23.3 Å². The molecule has 1 saturated heterocycles. The first-order valence-electron chi connectivity index (χ1n) is 8.84. The van der Waals surface area contributed by atoms with E-state index in [4.69, 9.17) is 11.6 Å². The summed E-state index contributed by atoms with van der Waals surface area (Å²) < 4.78 is 27.6. The number of carbonyl (C=O) groups excluding carboxylic acids is 1. The number of aromatic nitrogens is 2. The molecule has 0 saturated carbocycles. The van der Waals surface area contributed by atoms with Crippen LogP contribution in [0.2, 0.25) is 5.02 Å². The van der Waals surface area contributed by atoms with Crippen molar-refractivity contribution in [1.82, 2.24) is 9.55 Å². The van der Waals surface area contributed by atoms with Crippen LogP contribution in [0.15, 0.2) is 28.6 Å². The van der Waals surface area contributed by atoms with Gasteiger partial charge in [0.05, 0.1) is 27.5 Å². The van der Waals surface area contributed by atoms with Gasteiger partial charge in [0.2, 0.25) is 0 Å². The Balaban J connectivity index is 1.51. The summed E-state index contributed by atoms with van der Waals surface area (Å²) in [4.78, 5) is 17.4. The Morgan fingerprint density at radius 2 is 2.14 bits per heavy atom. The SMILES string of the molecule is Cc1cc(C(=O)CSc2nc3cc(Cl)ccc3s2)c(C)n1C1CCS(=O)(=O)C1. The quantitative estimate of drug-likeness (QED) is 0.412. The summed E-state index contributed by atoms with van der Waals surface area (Å²) in [5, 5.41) is 0.645. The lowest BCUT2D eigenvalue weighted by Gasteiger charge is -2.16. The standard InChI is InChI=1S/C19H19ClN2O3S3/c1-11-7-15(12(2)22(11)14-5-6-28(24,25)10-14)17(23)9-26-19-21-16-8-13(20)3-4-18(16)27-19/h3-4,7-8,14H,5-6,9-10H2,1-2H3. The Hall–Kier alpha value is -1.35. The summed E-state index contributed by atoms with van der Waals surface area (Å²) in [6.45, 7) is 3.83. The number of thioether (sulfide) groups is 1. The lowest BCUT2D eigenvalue weighted by molar-refractivity contribution is 0.102. The summed E-state index contributed by atoms with van der Waals surface area (Å²) in [5.74, 6) is 0.693. The number of hydrogen-bond acceptors (Lipinski definition) is 6. The number of fused-ring (bicyclic) bond motifs is 1. The molecule has 4 rings (SSSR count). The number of ketones is 1. The van der Waals surface area contributed by atoms with Crippen LogP contribution in [0.4, 0.5) is 0 Å². The van der Waals surface area contributed by atoms with Crippen molar-refractivity contribution in [1.29, 1.82) is 0 Å². The van der Waals surface area contributed by atoms with Crippen molar-refractivity contribution in [2.24, 2.45) is 0 Å². The van der Waals surface area contributed by atoms with E-state index in [9.17, 15) is 13.2 Å². The van der Waals surface area contributed by atoms with Crippen molar-refractivity contribution in [3.8, 4) is 0 Å². The largest absolute Gasteiger partial charge is 0.344 e. The number of carbonyl (C=O) groups is 1. The Bertz CT molecular complexity index is 1180. The Labute approximate surface area is 177 Å². The first kappa shape index (κ1) is 19.9. The fourth-order valence-corrected chi connectivity index (χ4v) is 7.54. The van der Waals surface area contributed by atoms with Crippen molar-refractivity contribution < 1.29 is 13.2 Å². The van der Waals surface area contributed by atoms with Gasteiger partial charge in [-0.05, 0) is 44.5 Å². The predicted molar refractivity (Wildman–Crippen MR) is 116 cm³/mol. The number of halogens is 1. The second kappa shape index (κ2) is 7.48. The maximum absolute atomic E-state index is 12.8. The first-order valence-corrected chi connectivity index (χ1v) is 12.8. The van der Waals surface area contributed by atoms with Gasteiger partial charge in [-0.2, -0.15) is 0 Å². The van der Waals surface area contributed by atoms with E-state index in [1.807, 2.05) is 42.7 Å². The second-order valence-electron chi connectivity index (χ2n) is 7.02. The molecule has 28 heavy (non-hydrogen) atoms. The van der Waals surface area contributed by atoms with Gasteiger partial charge in [-0.15, -0.1) is 11.3 Å². The number of Topliss-reactive ketones (excluding diaryl/α,β-unsaturated/α-hetero) is 1. The van der Waals surface area contributed by atoms with Crippen LogP contribution in [0.5, 0.6) is 0 Å². The van der Waals surface area contributed by atoms with E-state index < -0.39 is 9.84 Å². The number of nitrogens with zero attached hydrogens (tertiary/aromatic N) is 2. The van der Waals surface area contributed by atoms with Gasteiger partial charge in [-0.1, -0.05) is 23.4 Å². The molecule has 1 aliphatic heterocycles. The van der Waals surface area contributed by atoms with Crippen LogP contribution in [0.1, 0.15) is 34.2 Å². The molecule has 0 N–H and O–H groups in total. The molecule has 1 aromatic carbocycles. The van der Waals surface area contributed by atoms with E-state index in [0.29, 0.717) is 22.8 Å². The zero-order chi connectivity index (χ0) is 20.1. The van der Waals surface area contributed by atoms with Crippen LogP contribution in [0.25, 0.3) is 10.2 Å². The molecular weight excluding hydrogens is 436 g/mol. The minimum absolute atomic E-state index is 0.0301. The van der Waals surface area contributed by atoms with Gasteiger partial charge in [0.25, 0.3) is 0 Å². The van der Waals surface area contributed by atoms with Crippen molar-refractivity contribution in [3.05, 3.63) is 46.2 Å². The Morgan fingerprint density at radius 3 is 2.86 bits per heavy atom. The fourth-order valence-electron chi connectivity index (χ4n) is 3.75. The van der Waals surface area contributed by atoms with Gasteiger partial charge in [-0.3, -0.25) is 4.79 Å². The summed E-state index contributed by atoms with van der Waals surface area (Å²) in [6.07, 6.45) is 0.606. The van der Waals surface area contributed by atoms with Crippen LogP contribution < -0.4 is 0 Å². The molecule has 9 heteroatoms. The normalized spacial score (nSPS) is 18.8. The molecule has 5 nitrogen and oxygen atoms in total. The van der Waals surface area contributed by atoms with Gasteiger partial charge < -0.3 is 4.57 Å². The topological polar surface area (TPSA) is 69.0 Å². The smallest absolute Gasteiger partial charge is 0.174 e. The third-order valence-electron chi connectivity index (χ3n) is 5.02. The lowest BCUT2D eigenvalue weighted by Crippen LogP contribution is -2.14. The molecule has 1 unspecified atom stereocenters. The monoisotopic (exact) mass is 454 g/mol. The average molecular weight is 455 g/mol. The van der Waals surface area contributed by atoms with Gasteiger partial charge >= 0.3 is 0 Å². The second-order valence-corrected chi connectivity index (χ2v) is 11.9. The summed E-state index contributed by atoms with van der Waals surface area (Å²) in [6, 6.07) is 7.39. The molecule has 0 amide bonds. The first-order chi connectivity index (χ1) is 13.2. The van der Waals surface area contributed by atoms with E-state index in [0.717, 1.165) is 25.9 Å².